The van der Waals surface area contributed by atoms with Crippen LogP contribution in [0.15, 0.2) is 73.1 Å². The average molecular weight is 453 g/mol. The minimum Gasteiger partial charge on any atom is -0.489 e. The zero-order valence-corrected chi connectivity index (χ0v) is 17.2. The number of benzene rings is 2. The van der Waals surface area contributed by atoms with Gasteiger partial charge >= 0.3 is 6.18 Å². The van der Waals surface area contributed by atoms with Gasteiger partial charge in [0.25, 0.3) is 0 Å². The van der Waals surface area contributed by atoms with Gasteiger partial charge in [0.1, 0.15) is 24.2 Å². The van der Waals surface area contributed by atoms with Gasteiger partial charge in [0, 0.05) is 29.7 Å². The molecular weight excluding hydrogens is 435 g/mol. The molecule has 0 atom stereocenters. The molecule has 0 saturated heterocycles. The third kappa shape index (κ3) is 7.70. The van der Waals surface area contributed by atoms with Gasteiger partial charge in [-0.05, 0) is 48.0 Å². The molecule has 0 unspecified atom stereocenters. The van der Waals surface area contributed by atoms with Crippen LogP contribution in [0.5, 0.6) is 11.5 Å². The Morgan fingerprint density at radius 2 is 1.91 bits per heavy atom. The van der Waals surface area contributed by atoms with Gasteiger partial charge in [0.2, 0.25) is 5.91 Å². The predicted octanol–water partition coefficient (Wildman–Crippen LogP) is 5.13. The van der Waals surface area contributed by atoms with Crippen molar-refractivity contribution in [1.29, 1.82) is 5.26 Å². The largest absolute Gasteiger partial charge is 0.489 e. The first-order valence-electron chi connectivity index (χ1n) is 9.67. The summed E-state index contributed by atoms with van der Waals surface area (Å²) in [5.41, 5.74) is 1.83. The smallest absolute Gasteiger partial charge is 0.422 e. The SMILES string of the molecule is N#Cc1cc(NC(=O)/C=C/c2ccc(OCc3cccnc3)cc2)ccc1OCC(F)(F)F. The van der Waals surface area contributed by atoms with Crippen molar-refractivity contribution >= 4 is 17.7 Å². The van der Waals surface area contributed by atoms with Gasteiger partial charge in [0.05, 0.1) is 5.56 Å². The second-order valence-electron chi connectivity index (χ2n) is 6.77. The Hall–Kier alpha value is -4.32. The first kappa shape index (κ1) is 23.3. The van der Waals surface area contributed by atoms with Crippen LogP contribution in [0, 0.1) is 11.3 Å². The summed E-state index contributed by atoms with van der Waals surface area (Å²) in [4.78, 5) is 16.2. The number of rotatable bonds is 8. The standard InChI is InChI=1S/C24H18F3N3O3/c25-24(26,27)16-33-22-9-6-20(12-19(22)13-28)30-23(31)10-5-17-3-7-21(8-4-17)32-15-18-2-1-11-29-14-18/h1-12,14H,15-16H2,(H,30,31)/b10-5+. The first-order chi connectivity index (χ1) is 15.8. The molecule has 0 fully saturated rings. The fourth-order valence-corrected chi connectivity index (χ4v) is 2.66. The summed E-state index contributed by atoms with van der Waals surface area (Å²) in [7, 11) is 0. The number of anilines is 1. The van der Waals surface area contributed by atoms with Crippen molar-refractivity contribution < 1.29 is 27.4 Å². The number of carbonyl (C=O) groups is 1. The van der Waals surface area contributed by atoms with Gasteiger partial charge in [-0.1, -0.05) is 18.2 Å². The Labute approximate surface area is 187 Å². The molecule has 33 heavy (non-hydrogen) atoms. The van der Waals surface area contributed by atoms with Crippen LogP contribution in [0.3, 0.4) is 0 Å². The van der Waals surface area contributed by atoms with Gasteiger partial charge in [0.15, 0.2) is 6.61 Å². The number of amides is 1. The van der Waals surface area contributed by atoms with E-state index in [1.54, 1.807) is 48.8 Å². The molecule has 0 aliphatic heterocycles. The maximum Gasteiger partial charge on any atom is 0.422 e. The highest BCUT2D eigenvalue weighted by molar-refractivity contribution is 6.02. The molecule has 6 nitrogen and oxygen atoms in total. The van der Waals surface area contributed by atoms with E-state index in [1.807, 2.05) is 12.1 Å². The molecule has 0 radical (unpaired) electrons. The Morgan fingerprint density at radius 3 is 2.58 bits per heavy atom. The second-order valence-corrected chi connectivity index (χ2v) is 6.77. The number of aromatic nitrogens is 1. The molecule has 0 bridgehead atoms. The lowest BCUT2D eigenvalue weighted by molar-refractivity contribution is -0.153. The van der Waals surface area contributed by atoms with Crippen molar-refractivity contribution in [2.24, 2.45) is 0 Å². The number of alkyl halides is 3. The summed E-state index contributed by atoms with van der Waals surface area (Å²) < 4.78 is 47.2. The molecule has 1 heterocycles. The summed E-state index contributed by atoms with van der Waals surface area (Å²) in [6.07, 6.45) is 1.77. The Morgan fingerprint density at radius 1 is 1.12 bits per heavy atom. The minimum atomic E-state index is -4.52. The topological polar surface area (TPSA) is 84.2 Å². The third-order valence-electron chi connectivity index (χ3n) is 4.19. The summed E-state index contributed by atoms with van der Waals surface area (Å²) in [5, 5.41) is 11.7. The van der Waals surface area contributed by atoms with Gasteiger partial charge in [-0.25, -0.2) is 0 Å². The molecule has 0 saturated carbocycles. The number of halogens is 3. The van der Waals surface area contributed by atoms with E-state index in [4.69, 9.17) is 10.00 Å². The molecule has 3 aromatic rings. The fraction of sp³-hybridized carbons (Fsp3) is 0.125. The lowest BCUT2D eigenvalue weighted by Crippen LogP contribution is -2.19. The number of nitrogens with one attached hydrogen (secondary N) is 1. The quantitative estimate of drug-likeness (QED) is 0.479. The van der Waals surface area contributed by atoms with E-state index in [2.05, 4.69) is 15.0 Å². The Balaban J connectivity index is 1.54. The number of pyridine rings is 1. The van der Waals surface area contributed by atoms with Crippen LogP contribution < -0.4 is 14.8 Å². The van der Waals surface area contributed by atoms with Crippen molar-refractivity contribution in [3.8, 4) is 17.6 Å². The van der Waals surface area contributed by atoms with Gasteiger partial charge in [-0.2, -0.15) is 18.4 Å². The highest BCUT2D eigenvalue weighted by atomic mass is 19.4. The molecule has 0 aliphatic rings. The number of nitrogens with zero attached hydrogens (tertiary/aromatic N) is 2. The Kier molecular flexibility index (Phi) is 7.65. The van der Waals surface area contributed by atoms with Gasteiger partial charge < -0.3 is 14.8 Å². The number of carbonyl (C=O) groups excluding carboxylic acids is 1. The molecule has 0 aliphatic carbocycles. The molecule has 1 N–H and O–H groups in total. The zero-order chi connectivity index (χ0) is 23.7. The van der Waals surface area contributed by atoms with Crippen LogP contribution in [0.1, 0.15) is 16.7 Å². The molecule has 9 heteroatoms. The van der Waals surface area contributed by atoms with E-state index < -0.39 is 18.7 Å². The first-order valence-corrected chi connectivity index (χ1v) is 9.67. The van der Waals surface area contributed by atoms with Crippen molar-refractivity contribution in [1.82, 2.24) is 4.98 Å². The molecule has 0 spiro atoms. The zero-order valence-electron chi connectivity index (χ0n) is 17.2. The van der Waals surface area contributed by atoms with Crippen LogP contribution in [0.25, 0.3) is 6.08 Å². The van der Waals surface area contributed by atoms with Crippen LogP contribution in [-0.4, -0.2) is 23.7 Å². The van der Waals surface area contributed by atoms with Crippen molar-refractivity contribution in [2.75, 3.05) is 11.9 Å². The van der Waals surface area contributed by atoms with E-state index in [0.29, 0.717) is 12.4 Å². The summed E-state index contributed by atoms with van der Waals surface area (Å²) >= 11 is 0. The lowest BCUT2D eigenvalue weighted by Gasteiger charge is -2.11. The number of hydrogen-bond acceptors (Lipinski definition) is 5. The number of hydrogen-bond donors (Lipinski definition) is 1. The van der Waals surface area contributed by atoms with E-state index in [0.717, 1.165) is 11.1 Å². The van der Waals surface area contributed by atoms with Crippen LogP contribution >= 0.6 is 0 Å². The molecule has 2 aromatic carbocycles. The fourth-order valence-electron chi connectivity index (χ4n) is 2.66. The Bertz CT molecular complexity index is 1160. The van der Waals surface area contributed by atoms with Crippen LogP contribution in [-0.2, 0) is 11.4 Å². The molecule has 3 rings (SSSR count). The summed E-state index contributed by atoms with van der Waals surface area (Å²) in [5.74, 6) is -0.0220. The highest BCUT2D eigenvalue weighted by Gasteiger charge is 2.28. The highest BCUT2D eigenvalue weighted by Crippen LogP contribution is 2.25. The monoisotopic (exact) mass is 453 g/mol. The van der Waals surface area contributed by atoms with Crippen LogP contribution in [0.2, 0.25) is 0 Å². The molecule has 168 valence electrons. The molecular formula is C24H18F3N3O3. The van der Waals surface area contributed by atoms with Crippen molar-refractivity contribution in [3.05, 3.63) is 89.8 Å². The van der Waals surface area contributed by atoms with Crippen LogP contribution in [0.4, 0.5) is 18.9 Å². The lowest BCUT2D eigenvalue weighted by atomic mass is 10.2. The average Bonchev–Trinajstić information content (AvgIpc) is 2.81. The van der Waals surface area contributed by atoms with E-state index in [-0.39, 0.29) is 17.0 Å². The van der Waals surface area contributed by atoms with E-state index in [9.17, 15) is 18.0 Å². The molecule has 1 aromatic heterocycles. The van der Waals surface area contributed by atoms with Crippen molar-refractivity contribution in [2.45, 2.75) is 12.8 Å². The van der Waals surface area contributed by atoms with E-state index >= 15 is 0 Å². The molecule has 1 amide bonds. The second kappa shape index (κ2) is 10.8. The number of nitriles is 1. The third-order valence-corrected chi connectivity index (χ3v) is 4.19. The van der Waals surface area contributed by atoms with Gasteiger partial charge in [-0.3, -0.25) is 9.78 Å². The maximum absolute atomic E-state index is 12.3. The maximum atomic E-state index is 12.3. The van der Waals surface area contributed by atoms with Crippen molar-refractivity contribution in [3.63, 3.8) is 0 Å². The number of ether oxygens (including phenoxy) is 2. The summed E-state index contributed by atoms with van der Waals surface area (Å²) in [6, 6.07) is 16.4. The van der Waals surface area contributed by atoms with Gasteiger partial charge in [-0.15, -0.1) is 0 Å². The summed E-state index contributed by atoms with van der Waals surface area (Å²) in [6.45, 7) is -1.13. The predicted molar refractivity (Wildman–Crippen MR) is 115 cm³/mol. The normalized spacial score (nSPS) is 11.1. The van der Waals surface area contributed by atoms with E-state index in [1.165, 1.54) is 24.3 Å². The minimum absolute atomic E-state index is 0.122.